The van der Waals surface area contributed by atoms with Gasteiger partial charge >= 0.3 is 0 Å². The second kappa shape index (κ2) is 10.8. The van der Waals surface area contributed by atoms with Gasteiger partial charge in [-0.05, 0) is 30.5 Å². The van der Waals surface area contributed by atoms with E-state index in [1.807, 2.05) is 24.3 Å². The summed E-state index contributed by atoms with van der Waals surface area (Å²) < 4.78 is 28.8. The Morgan fingerprint density at radius 3 is 2.84 bits per heavy atom. The van der Waals surface area contributed by atoms with Crippen molar-refractivity contribution in [3.05, 3.63) is 29.8 Å². The molecule has 1 atom stereocenters. The molecule has 25 heavy (non-hydrogen) atoms. The van der Waals surface area contributed by atoms with Gasteiger partial charge in [-0.25, -0.2) is 8.42 Å². The monoisotopic (exact) mass is 481 g/mol. The highest BCUT2D eigenvalue weighted by Crippen LogP contribution is 2.14. The molecule has 6 nitrogen and oxygen atoms in total. The van der Waals surface area contributed by atoms with E-state index < -0.39 is 9.84 Å². The number of nitrogens with one attached hydrogen (secondary N) is 2. The Morgan fingerprint density at radius 2 is 2.20 bits per heavy atom. The lowest BCUT2D eigenvalue weighted by Crippen LogP contribution is -2.43. The predicted octanol–water partition coefficient (Wildman–Crippen LogP) is 2.34. The molecule has 1 aliphatic rings. The third-order valence-electron chi connectivity index (χ3n) is 3.92. The Balaban J connectivity index is 0.00000312. The maximum Gasteiger partial charge on any atom is 0.191 e. The van der Waals surface area contributed by atoms with Crippen molar-refractivity contribution in [1.29, 1.82) is 0 Å². The van der Waals surface area contributed by atoms with Gasteiger partial charge in [0.2, 0.25) is 0 Å². The van der Waals surface area contributed by atoms with Crippen LogP contribution in [0.15, 0.2) is 29.3 Å². The molecule has 2 N–H and O–H groups in total. The molecule has 1 saturated heterocycles. The van der Waals surface area contributed by atoms with Crippen molar-refractivity contribution in [1.82, 2.24) is 10.6 Å². The van der Waals surface area contributed by atoms with Crippen LogP contribution >= 0.6 is 24.0 Å². The number of guanidine groups is 1. The van der Waals surface area contributed by atoms with Crippen LogP contribution in [-0.2, 0) is 16.4 Å². The van der Waals surface area contributed by atoms with Gasteiger partial charge < -0.3 is 15.4 Å². The van der Waals surface area contributed by atoms with E-state index in [2.05, 4.69) is 22.5 Å². The summed E-state index contributed by atoms with van der Waals surface area (Å²) in [7, 11) is -1.21. The van der Waals surface area contributed by atoms with E-state index in [1.54, 1.807) is 7.05 Å². The molecular weight excluding hydrogens is 453 g/mol. The van der Waals surface area contributed by atoms with Gasteiger partial charge in [-0.1, -0.05) is 25.5 Å². The molecule has 0 bridgehead atoms. The Morgan fingerprint density at radius 1 is 1.40 bits per heavy atom. The molecule has 0 spiro atoms. The second-order valence-electron chi connectivity index (χ2n) is 6.02. The fourth-order valence-corrected chi connectivity index (χ4v) is 4.24. The quantitative estimate of drug-likeness (QED) is 0.271. The van der Waals surface area contributed by atoms with Crippen molar-refractivity contribution >= 4 is 39.8 Å². The molecule has 1 fully saturated rings. The molecule has 1 unspecified atom stereocenters. The van der Waals surface area contributed by atoms with Crippen LogP contribution in [0.4, 0.5) is 0 Å². The first-order valence-corrected chi connectivity index (χ1v) is 10.2. The first-order chi connectivity index (χ1) is 11.5. The molecule has 0 aliphatic carbocycles. The van der Waals surface area contributed by atoms with E-state index in [9.17, 15) is 8.42 Å². The molecule has 142 valence electrons. The second-order valence-corrected chi connectivity index (χ2v) is 8.25. The average molecular weight is 481 g/mol. The fraction of sp³-hybridized carbons (Fsp3) is 0.588. The minimum atomic E-state index is -2.89. The molecule has 8 heteroatoms. The van der Waals surface area contributed by atoms with E-state index >= 15 is 0 Å². The Hall–Kier alpha value is -1.03. The highest BCUT2D eigenvalue weighted by Gasteiger charge is 2.28. The summed E-state index contributed by atoms with van der Waals surface area (Å²) in [5.74, 6) is 1.91. The summed E-state index contributed by atoms with van der Waals surface area (Å²) in [6.45, 7) is 3.47. The molecular formula is C17H28IN3O3S. The molecule has 1 aliphatic heterocycles. The van der Waals surface area contributed by atoms with Crippen molar-refractivity contribution in [3.63, 3.8) is 0 Å². The van der Waals surface area contributed by atoms with E-state index in [0.29, 0.717) is 18.9 Å². The van der Waals surface area contributed by atoms with Gasteiger partial charge in [-0.3, -0.25) is 4.99 Å². The van der Waals surface area contributed by atoms with E-state index in [4.69, 9.17) is 4.74 Å². The van der Waals surface area contributed by atoms with Crippen molar-refractivity contribution < 1.29 is 13.2 Å². The zero-order chi connectivity index (χ0) is 17.4. The van der Waals surface area contributed by atoms with Crippen LogP contribution in [0.5, 0.6) is 5.75 Å². The summed E-state index contributed by atoms with van der Waals surface area (Å²) in [6, 6.07) is 7.89. The largest absolute Gasteiger partial charge is 0.494 e. The normalized spacial score (nSPS) is 19.1. The highest BCUT2D eigenvalue weighted by atomic mass is 127. The first-order valence-electron chi connectivity index (χ1n) is 8.42. The number of hydrogen-bond acceptors (Lipinski definition) is 4. The number of aliphatic imine (C=N–C) groups is 1. The lowest BCUT2D eigenvalue weighted by atomic mass is 10.2. The summed E-state index contributed by atoms with van der Waals surface area (Å²) in [5.41, 5.74) is 1.09. The van der Waals surface area contributed by atoms with E-state index in [1.165, 1.54) is 0 Å². The van der Waals surface area contributed by atoms with Crippen LogP contribution < -0.4 is 15.4 Å². The van der Waals surface area contributed by atoms with Gasteiger partial charge in [0.15, 0.2) is 15.8 Å². The van der Waals surface area contributed by atoms with Crippen molar-refractivity contribution in [2.24, 2.45) is 4.99 Å². The Bertz CT molecular complexity index is 665. The van der Waals surface area contributed by atoms with Crippen LogP contribution in [0.25, 0.3) is 0 Å². The first kappa shape index (κ1) is 22.0. The molecule has 0 aromatic heterocycles. The molecule has 0 radical (unpaired) electrons. The van der Waals surface area contributed by atoms with E-state index in [-0.39, 0.29) is 41.5 Å². The molecule has 2 rings (SSSR count). The summed E-state index contributed by atoms with van der Waals surface area (Å²) in [5, 5.41) is 6.40. The summed E-state index contributed by atoms with van der Waals surface area (Å²) in [6.07, 6.45) is 2.78. The standard InChI is InChI=1S/C17H27N3O3S.HI/c1-3-4-9-23-16-7-5-6-14(11-16)12-19-17(18-2)20-15-8-10-24(21,22)13-15;/h5-7,11,15H,3-4,8-10,12-13H2,1-2H3,(H2,18,19,20);1H. The van der Waals surface area contributed by atoms with E-state index in [0.717, 1.165) is 30.8 Å². The van der Waals surface area contributed by atoms with Crippen molar-refractivity contribution in [2.75, 3.05) is 25.2 Å². The topological polar surface area (TPSA) is 79.8 Å². The molecule has 0 saturated carbocycles. The Kier molecular flexibility index (Phi) is 9.55. The molecule has 0 amide bonds. The van der Waals surface area contributed by atoms with Gasteiger partial charge in [0.05, 0.1) is 18.1 Å². The zero-order valence-electron chi connectivity index (χ0n) is 14.8. The number of rotatable bonds is 7. The lowest BCUT2D eigenvalue weighted by Gasteiger charge is -2.16. The molecule has 1 heterocycles. The van der Waals surface area contributed by atoms with Gasteiger partial charge in [0, 0.05) is 19.6 Å². The van der Waals surface area contributed by atoms with Gasteiger partial charge in [0.25, 0.3) is 0 Å². The number of unbranched alkanes of at least 4 members (excludes halogenated alkanes) is 1. The van der Waals surface area contributed by atoms with Crippen LogP contribution in [0.1, 0.15) is 31.7 Å². The fourth-order valence-electron chi connectivity index (χ4n) is 2.56. The van der Waals surface area contributed by atoms with Crippen molar-refractivity contribution in [3.8, 4) is 5.75 Å². The maximum atomic E-state index is 11.5. The predicted molar refractivity (Wildman–Crippen MR) is 113 cm³/mol. The minimum absolute atomic E-state index is 0. The summed E-state index contributed by atoms with van der Waals surface area (Å²) in [4.78, 5) is 4.17. The third-order valence-corrected chi connectivity index (χ3v) is 5.69. The van der Waals surface area contributed by atoms with Crippen LogP contribution in [0.2, 0.25) is 0 Å². The number of halogens is 1. The lowest BCUT2D eigenvalue weighted by molar-refractivity contribution is 0.309. The smallest absolute Gasteiger partial charge is 0.191 e. The highest BCUT2D eigenvalue weighted by molar-refractivity contribution is 14.0. The Labute approximate surface area is 167 Å². The van der Waals surface area contributed by atoms with Gasteiger partial charge in [-0.15, -0.1) is 24.0 Å². The van der Waals surface area contributed by atoms with Crippen LogP contribution in [-0.4, -0.2) is 45.6 Å². The minimum Gasteiger partial charge on any atom is -0.494 e. The summed E-state index contributed by atoms with van der Waals surface area (Å²) >= 11 is 0. The molecule has 1 aromatic carbocycles. The number of benzene rings is 1. The number of nitrogens with zero attached hydrogens (tertiary/aromatic N) is 1. The van der Waals surface area contributed by atoms with Gasteiger partial charge in [0.1, 0.15) is 5.75 Å². The SMILES string of the molecule is CCCCOc1cccc(CNC(=NC)NC2CCS(=O)(=O)C2)c1.I. The van der Waals surface area contributed by atoms with Crippen LogP contribution in [0, 0.1) is 0 Å². The number of sulfone groups is 1. The molecule has 1 aromatic rings. The van der Waals surface area contributed by atoms with Crippen molar-refractivity contribution in [2.45, 2.75) is 38.8 Å². The van der Waals surface area contributed by atoms with Gasteiger partial charge in [-0.2, -0.15) is 0 Å². The number of hydrogen-bond donors (Lipinski definition) is 2. The zero-order valence-corrected chi connectivity index (χ0v) is 18.0. The average Bonchev–Trinajstić information content (AvgIpc) is 2.91. The number of ether oxygens (including phenoxy) is 1. The maximum absolute atomic E-state index is 11.5. The third kappa shape index (κ3) is 7.81. The van der Waals surface area contributed by atoms with Crippen LogP contribution in [0.3, 0.4) is 0 Å².